The molecule has 92 valence electrons. The Labute approximate surface area is 97.0 Å². The molecule has 0 fully saturated rings. The highest BCUT2D eigenvalue weighted by molar-refractivity contribution is 4.73. The fourth-order valence-corrected chi connectivity index (χ4v) is 2.15. The van der Waals surface area contributed by atoms with Crippen LogP contribution >= 0.6 is 0 Å². The van der Waals surface area contributed by atoms with E-state index in [-0.39, 0.29) is 0 Å². The molecule has 1 N–H and O–H groups in total. The zero-order chi connectivity index (χ0) is 11.8. The van der Waals surface area contributed by atoms with Crippen molar-refractivity contribution in [3.05, 3.63) is 0 Å². The summed E-state index contributed by atoms with van der Waals surface area (Å²) in [4.78, 5) is 0. The summed E-state index contributed by atoms with van der Waals surface area (Å²) in [6.07, 6.45) is 5.34. The van der Waals surface area contributed by atoms with E-state index in [4.69, 9.17) is 0 Å². The van der Waals surface area contributed by atoms with Crippen molar-refractivity contribution in [2.24, 2.45) is 17.8 Å². The van der Waals surface area contributed by atoms with Crippen molar-refractivity contribution in [3.63, 3.8) is 0 Å². The molecule has 3 atom stereocenters. The van der Waals surface area contributed by atoms with Gasteiger partial charge >= 0.3 is 0 Å². The van der Waals surface area contributed by atoms with Crippen molar-refractivity contribution in [1.82, 2.24) is 5.32 Å². The molecule has 0 radical (unpaired) electrons. The minimum atomic E-state index is 0.714. The maximum atomic E-state index is 3.48. The molecule has 0 saturated carbocycles. The molecule has 0 aromatic heterocycles. The number of nitrogens with one attached hydrogen (secondary N) is 1. The summed E-state index contributed by atoms with van der Waals surface area (Å²) in [5.41, 5.74) is 0. The van der Waals surface area contributed by atoms with Gasteiger partial charge < -0.3 is 5.32 Å². The fraction of sp³-hybridized carbons (Fsp3) is 1.00. The van der Waals surface area contributed by atoms with Gasteiger partial charge in [0.25, 0.3) is 0 Å². The smallest absolute Gasteiger partial charge is 0.00897 e. The molecule has 0 aliphatic rings. The van der Waals surface area contributed by atoms with E-state index in [1.54, 1.807) is 0 Å². The highest BCUT2D eigenvalue weighted by Gasteiger charge is 2.16. The van der Waals surface area contributed by atoms with Crippen molar-refractivity contribution in [2.75, 3.05) is 7.05 Å². The highest BCUT2D eigenvalue weighted by Crippen LogP contribution is 2.21. The second-order valence-electron chi connectivity index (χ2n) is 5.46. The molecular weight excluding hydrogens is 182 g/mol. The molecule has 0 aliphatic carbocycles. The van der Waals surface area contributed by atoms with Crippen LogP contribution in [0.15, 0.2) is 0 Å². The SMILES string of the molecule is CCCC(C)C(CCC(C)C(C)C)NC. The monoisotopic (exact) mass is 213 g/mol. The van der Waals surface area contributed by atoms with Gasteiger partial charge in [0.15, 0.2) is 0 Å². The van der Waals surface area contributed by atoms with Crippen LogP contribution in [0.4, 0.5) is 0 Å². The first kappa shape index (κ1) is 15.0. The molecule has 3 unspecified atom stereocenters. The first-order valence-electron chi connectivity index (χ1n) is 6.70. The molecular formula is C14H31N. The lowest BCUT2D eigenvalue weighted by Gasteiger charge is -2.25. The Morgan fingerprint density at radius 2 is 1.47 bits per heavy atom. The van der Waals surface area contributed by atoms with Gasteiger partial charge in [0, 0.05) is 6.04 Å². The zero-order valence-electron chi connectivity index (χ0n) is 11.6. The summed E-state index contributed by atoms with van der Waals surface area (Å²) in [5, 5.41) is 3.48. The molecule has 1 nitrogen and oxygen atoms in total. The van der Waals surface area contributed by atoms with Crippen LogP contribution < -0.4 is 5.32 Å². The third-order valence-corrected chi connectivity index (χ3v) is 3.87. The summed E-state index contributed by atoms with van der Waals surface area (Å²) in [7, 11) is 2.11. The normalized spacial score (nSPS) is 17.8. The van der Waals surface area contributed by atoms with Gasteiger partial charge in [-0.1, -0.05) is 41.0 Å². The molecule has 15 heavy (non-hydrogen) atoms. The van der Waals surface area contributed by atoms with E-state index in [1.807, 2.05) is 0 Å². The Kier molecular flexibility index (Phi) is 8.13. The minimum Gasteiger partial charge on any atom is -0.317 e. The Morgan fingerprint density at radius 1 is 0.867 bits per heavy atom. The Hall–Kier alpha value is -0.0400. The van der Waals surface area contributed by atoms with Crippen LogP contribution in [0, 0.1) is 17.8 Å². The topological polar surface area (TPSA) is 12.0 Å². The van der Waals surface area contributed by atoms with Crippen LogP contribution in [0.2, 0.25) is 0 Å². The summed E-state index contributed by atoms with van der Waals surface area (Å²) in [5.74, 6) is 2.50. The van der Waals surface area contributed by atoms with E-state index in [2.05, 4.69) is 47.0 Å². The van der Waals surface area contributed by atoms with E-state index in [0.717, 1.165) is 17.8 Å². The summed E-state index contributed by atoms with van der Waals surface area (Å²) >= 11 is 0. The van der Waals surface area contributed by atoms with Crippen molar-refractivity contribution in [3.8, 4) is 0 Å². The van der Waals surface area contributed by atoms with Gasteiger partial charge in [-0.05, 0) is 44.1 Å². The van der Waals surface area contributed by atoms with Crippen LogP contribution in [0.5, 0.6) is 0 Å². The average Bonchev–Trinajstić information content (AvgIpc) is 2.18. The van der Waals surface area contributed by atoms with Gasteiger partial charge in [-0.25, -0.2) is 0 Å². The highest BCUT2D eigenvalue weighted by atomic mass is 14.9. The van der Waals surface area contributed by atoms with Crippen LogP contribution in [-0.4, -0.2) is 13.1 Å². The number of rotatable bonds is 8. The standard InChI is InChI=1S/C14H31N/c1-7-8-13(5)14(15-6)10-9-12(4)11(2)3/h11-15H,7-10H2,1-6H3. The van der Waals surface area contributed by atoms with Gasteiger partial charge in [0.2, 0.25) is 0 Å². The third-order valence-electron chi connectivity index (χ3n) is 3.87. The van der Waals surface area contributed by atoms with Gasteiger partial charge in [-0.15, -0.1) is 0 Å². The summed E-state index contributed by atoms with van der Waals surface area (Å²) in [6.45, 7) is 11.7. The van der Waals surface area contributed by atoms with Crippen molar-refractivity contribution < 1.29 is 0 Å². The molecule has 1 heteroatoms. The van der Waals surface area contributed by atoms with Gasteiger partial charge in [-0.3, -0.25) is 0 Å². The minimum absolute atomic E-state index is 0.714. The first-order valence-corrected chi connectivity index (χ1v) is 6.70. The number of hydrogen-bond acceptors (Lipinski definition) is 1. The molecule has 0 spiro atoms. The quantitative estimate of drug-likeness (QED) is 0.640. The molecule has 0 saturated heterocycles. The summed E-state index contributed by atoms with van der Waals surface area (Å²) in [6, 6.07) is 0.714. The predicted molar refractivity (Wildman–Crippen MR) is 70.2 cm³/mol. The van der Waals surface area contributed by atoms with Crippen molar-refractivity contribution >= 4 is 0 Å². The molecule has 0 aromatic rings. The molecule has 0 amide bonds. The van der Waals surface area contributed by atoms with E-state index >= 15 is 0 Å². The van der Waals surface area contributed by atoms with Gasteiger partial charge in [0.1, 0.15) is 0 Å². The van der Waals surface area contributed by atoms with Crippen molar-refractivity contribution in [2.45, 2.75) is 66.3 Å². The summed E-state index contributed by atoms with van der Waals surface area (Å²) < 4.78 is 0. The van der Waals surface area contributed by atoms with Gasteiger partial charge in [0.05, 0.1) is 0 Å². The second kappa shape index (κ2) is 8.15. The third kappa shape index (κ3) is 6.19. The Bertz CT molecular complexity index is 142. The zero-order valence-corrected chi connectivity index (χ0v) is 11.6. The average molecular weight is 213 g/mol. The lowest BCUT2D eigenvalue weighted by molar-refractivity contribution is 0.302. The first-order chi connectivity index (χ1) is 7.02. The maximum absolute atomic E-state index is 3.48. The molecule has 0 aromatic carbocycles. The Balaban J connectivity index is 3.88. The van der Waals surface area contributed by atoms with Crippen LogP contribution in [0.3, 0.4) is 0 Å². The molecule has 0 aliphatic heterocycles. The fourth-order valence-electron chi connectivity index (χ4n) is 2.15. The van der Waals surface area contributed by atoms with Crippen LogP contribution in [-0.2, 0) is 0 Å². The van der Waals surface area contributed by atoms with Gasteiger partial charge in [-0.2, -0.15) is 0 Å². The molecule has 0 rings (SSSR count). The lowest BCUT2D eigenvalue weighted by Crippen LogP contribution is -2.32. The van der Waals surface area contributed by atoms with Crippen molar-refractivity contribution in [1.29, 1.82) is 0 Å². The Morgan fingerprint density at radius 3 is 1.87 bits per heavy atom. The van der Waals surface area contributed by atoms with Crippen LogP contribution in [0.25, 0.3) is 0 Å². The second-order valence-corrected chi connectivity index (χ2v) is 5.46. The predicted octanol–water partition coefficient (Wildman–Crippen LogP) is 4.08. The number of hydrogen-bond donors (Lipinski definition) is 1. The van der Waals surface area contributed by atoms with E-state index in [0.29, 0.717) is 6.04 Å². The molecule has 0 heterocycles. The maximum Gasteiger partial charge on any atom is 0.00897 e. The van der Waals surface area contributed by atoms with Crippen LogP contribution in [0.1, 0.15) is 60.3 Å². The van der Waals surface area contributed by atoms with E-state index in [9.17, 15) is 0 Å². The van der Waals surface area contributed by atoms with E-state index in [1.165, 1.54) is 25.7 Å². The largest absolute Gasteiger partial charge is 0.317 e. The van der Waals surface area contributed by atoms with E-state index < -0.39 is 0 Å². The molecule has 0 bridgehead atoms. The lowest BCUT2D eigenvalue weighted by atomic mass is 9.87.